The summed E-state index contributed by atoms with van der Waals surface area (Å²) in [5, 5.41) is 31.3. The van der Waals surface area contributed by atoms with Gasteiger partial charge in [-0.05, 0) is 24.5 Å². The Balaban J connectivity index is 1.77. The molecule has 0 spiro atoms. The third-order valence-electron chi connectivity index (χ3n) is 5.00. The molecule has 2 aromatic rings. The monoisotopic (exact) mass is 385 g/mol. The van der Waals surface area contributed by atoms with E-state index in [0.717, 1.165) is 16.0 Å². The summed E-state index contributed by atoms with van der Waals surface area (Å²) in [6.07, 6.45) is -0.138. The molecule has 0 bridgehead atoms. The second kappa shape index (κ2) is 8.68. The van der Waals surface area contributed by atoms with Crippen LogP contribution in [0.3, 0.4) is 0 Å². The summed E-state index contributed by atoms with van der Waals surface area (Å²) in [4.78, 5) is 15.4. The molecule has 1 saturated heterocycles. The van der Waals surface area contributed by atoms with Crippen LogP contribution in [0.1, 0.15) is 22.4 Å². The largest absolute Gasteiger partial charge is 0.481 e. The predicted octanol–water partition coefficient (Wildman–Crippen LogP) is 1.97. The molecule has 0 saturated carbocycles. The molecule has 0 radical (unpaired) electrons. The smallest absolute Gasteiger partial charge is 0.313 e. The number of likely N-dealkylation sites (tertiary alicyclic amines) is 1. The molecule has 27 heavy (non-hydrogen) atoms. The van der Waals surface area contributed by atoms with E-state index in [0.29, 0.717) is 32.5 Å². The van der Waals surface area contributed by atoms with Gasteiger partial charge in [-0.1, -0.05) is 42.2 Å². The molecular weight excluding hydrogens is 362 g/mol. The van der Waals surface area contributed by atoms with Crippen molar-refractivity contribution in [1.82, 2.24) is 4.90 Å². The van der Waals surface area contributed by atoms with E-state index in [1.165, 1.54) is 0 Å². The van der Waals surface area contributed by atoms with Crippen molar-refractivity contribution in [2.45, 2.75) is 25.5 Å². The van der Waals surface area contributed by atoms with Crippen molar-refractivity contribution < 1.29 is 20.1 Å². The SMILES string of the molecule is O=C(O)[C@@]1(Cc2ccccc2)CN(Cc2cc(C#CCO)cs2)CC[C@@H]1O. The number of aliphatic hydroxyl groups excluding tert-OH is 2. The average Bonchev–Trinajstić information content (AvgIpc) is 3.10. The minimum Gasteiger partial charge on any atom is -0.481 e. The number of hydrogen-bond acceptors (Lipinski definition) is 5. The Bertz CT molecular complexity index is 839. The summed E-state index contributed by atoms with van der Waals surface area (Å²) in [5.74, 6) is 4.56. The van der Waals surface area contributed by atoms with Crippen LogP contribution in [0.2, 0.25) is 0 Å². The van der Waals surface area contributed by atoms with Crippen LogP contribution in [0, 0.1) is 17.3 Å². The van der Waals surface area contributed by atoms with Crippen molar-refractivity contribution in [2.75, 3.05) is 19.7 Å². The van der Waals surface area contributed by atoms with E-state index in [2.05, 4.69) is 16.7 Å². The first-order valence-electron chi connectivity index (χ1n) is 8.88. The molecule has 5 nitrogen and oxygen atoms in total. The number of aliphatic hydroxyl groups is 2. The standard InChI is InChI=1S/C21H23NO4S/c23-10-4-7-17-11-18(27-14-17)13-22-9-8-19(24)21(15-22,20(25)26)12-16-5-2-1-3-6-16/h1-3,5-6,11,14,19,23-24H,8-10,12-13,15H2,(H,25,26)/t19-,21-/m0/s1. The number of piperidine rings is 1. The Morgan fingerprint density at radius 3 is 2.81 bits per heavy atom. The number of aliphatic carboxylic acids is 1. The molecular formula is C21H23NO4S. The van der Waals surface area contributed by atoms with Gasteiger partial charge in [0.1, 0.15) is 12.0 Å². The van der Waals surface area contributed by atoms with E-state index in [1.807, 2.05) is 41.8 Å². The molecule has 1 aliphatic rings. The number of benzene rings is 1. The van der Waals surface area contributed by atoms with E-state index in [1.54, 1.807) is 11.3 Å². The van der Waals surface area contributed by atoms with Crippen molar-refractivity contribution in [3.8, 4) is 11.8 Å². The van der Waals surface area contributed by atoms with Crippen LogP contribution in [-0.4, -0.2) is 52.0 Å². The Hall–Kier alpha value is -2.17. The fourth-order valence-electron chi connectivity index (χ4n) is 3.61. The van der Waals surface area contributed by atoms with Gasteiger partial charge < -0.3 is 15.3 Å². The van der Waals surface area contributed by atoms with Gasteiger partial charge in [0.25, 0.3) is 0 Å². The number of nitrogens with zero attached hydrogens (tertiary/aromatic N) is 1. The Morgan fingerprint density at radius 2 is 2.11 bits per heavy atom. The van der Waals surface area contributed by atoms with Crippen molar-refractivity contribution in [3.05, 3.63) is 57.8 Å². The second-order valence-corrected chi connectivity index (χ2v) is 7.90. The average molecular weight is 385 g/mol. The molecule has 0 aliphatic carbocycles. The van der Waals surface area contributed by atoms with Crippen LogP contribution in [0.25, 0.3) is 0 Å². The molecule has 1 aromatic carbocycles. The number of rotatable bonds is 5. The topological polar surface area (TPSA) is 81.0 Å². The number of carbonyl (C=O) groups is 1. The number of hydrogen-bond donors (Lipinski definition) is 3. The number of carboxylic acid groups (broad SMARTS) is 1. The van der Waals surface area contributed by atoms with Gasteiger partial charge in [-0.3, -0.25) is 9.69 Å². The fourth-order valence-corrected chi connectivity index (χ4v) is 4.47. The van der Waals surface area contributed by atoms with E-state index in [9.17, 15) is 15.0 Å². The van der Waals surface area contributed by atoms with E-state index in [4.69, 9.17) is 5.11 Å². The second-order valence-electron chi connectivity index (χ2n) is 6.90. The van der Waals surface area contributed by atoms with Gasteiger partial charge in [0.2, 0.25) is 0 Å². The molecule has 0 amide bonds. The zero-order valence-corrected chi connectivity index (χ0v) is 15.8. The van der Waals surface area contributed by atoms with Gasteiger partial charge in [0.05, 0.1) is 6.10 Å². The van der Waals surface area contributed by atoms with Gasteiger partial charge in [0.15, 0.2) is 0 Å². The molecule has 1 aliphatic heterocycles. The molecule has 1 fully saturated rings. The van der Waals surface area contributed by atoms with Crippen LogP contribution >= 0.6 is 11.3 Å². The first-order chi connectivity index (χ1) is 13.0. The lowest BCUT2D eigenvalue weighted by Crippen LogP contribution is -2.56. The third-order valence-corrected chi connectivity index (χ3v) is 5.92. The quantitative estimate of drug-likeness (QED) is 0.686. The van der Waals surface area contributed by atoms with Gasteiger partial charge in [-0.2, -0.15) is 0 Å². The molecule has 6 heteroatoms. The predicted molar refractivity (Wildman–Crippen MR) is 104 cm³/mol. The van der Waals surface area contributed by atoms with Crippen LogP contribution < -0.4 is 0 Å². The molecule has 2 heterocycles. The summed E-state index contributed by atoms with van der Waals surface area (Å²) in [6.45, 7) is 1.41. The Morgan fingerprint density at radius 1 is 1.33 bits per heavy atom. The summed E-state index contributed by atoms with van der Waals surface area (Å²) < 4.78 is 0. The number of carboxylic acids is 1. The highest BCUT2D eigenvalue weighted by Gasteiger charge is 2.49. The maximum atomic E-state index is 12.2. The van der Waals surface area contributed by atoms with Crippen molar-refractivity contribution >= 4 is 17.3 Å². The molecule has 0 unspecified atom stereocenters. The summed E-state index contributed by atoms with van der Waals surface area (Å²) >= 11 is 1.57. The fraction of sp³-hybridized carbons (Fsp3) is 0.381. The molecule has 3 rings (SSSR count). The summed E-state index contributed by atoms with van der Waals surface area (Å²) in [5.41, 5.74) is 0.560. The van der Waals surface area contributed by atoms with E-state index < -0.39 is 17.5 Å². The highest BCUT2D eigenvalue weighted by atomic mass is 32.1. The zero-order valence-electron chi connectivity index (χ0n) is 15.0. The van der Waals surface area contributed by atoms with Gasteiger partial charge in [-0.25, -0.2) is 0 Å². The highest BCUT2D eigenvalue weighted by molar-refractivity contribution is 7.10. The minimum absolute atomic E-state index is 0.171. The van der Waals surface area contributed by atoms with E-state index >= 15 is 0 Å². The zero-order chi connectivity index (χ0) is 19.3. The van der Waals surface area contributed by atoms with Crippen LogP contribution in [0.4, 0.5) is 0 Å². The minimum atomic E-state index is -1.21. The third kappa shape index (κ3) is 4.57. The first kappa shape index (κ1) is 19.6. The van der Waals surface area contributed by atoms with E-state index in [-0.39, 0.29) is 6.61 Å². The van der Waals surface area contributed by atoms with Gasteiger partial charge >= 0.3 is 5.97 Å². The Kier molecular flexibility index (Phi) is 6.30. The maximum absolute atomic E-state index is 12.2. The lowest BCUT2D eigenvalue weighted by atomic mass is 9.73. The molecule has 3 N–H and O–H groups in total. The Labute approximate surface area is 162 Å². The van der Waals surface area contributed by atoms with Crippen molar-refractivity contribution in [1.29, 1.82) is 0 Å². The molecule has 2 atom stereocenters. The maximum Gasteiger partial charge on any atom is 0.313 e. The van der Waals surface area contributed by atoms with Crippen LogP contribution in [0.15, 0.2) is 41.8 Å². The van der Waals surface area contributed by atoms with Crippen LogP contribution in [-0.2, 0) is 17.8 Å². The van der Waals surface area contributed by atoms with Gasteiger partial charge in [0, 0.05) is 35.5 Å². The number of thiophene rings is 1. The molecule has 1 aromatic heterocycles. The molecule has 142 valence electrons. The summed E-state index contributed by atoms with van der Waals surface area (Å²) in [6, 6.07) is 11.5. The van der Waals surface area contributed by atoms with Crippen LogP contribution in [0.5, 0.6) is 0 Å². The lowest BCUT2D eigenvalue weighted by molar-refractivity contribution is -0.163. The van der Waals surface area contributed by atoms with Crippen molar-refractivity contribution in [3.63, 3.8) is 0 Å². The van der Waals surface area contributed by atoms with Crippen molar-refractivity contribution in [2.24, 2.45) is 5.41 Å². The van der Waals surface area contributed by atoms with Gasteiger partial charge in [-0.15, -0.1) is 11.3 Å². The lowest BCUT2D eigenvalue weighted by Gasteiger charge is -2.43. The first-order valence-corrected chi connectivity index (χ1v) is 9.76. The highest BCUT2D eigenvalue weighted by Crippen LogP contribution is 2.35. The summed E-state index contributed by atoms with van der Waals surface area (Å²) in [7, 11) is 0. The normalized spacial score (nSPS) is 22.8.